The molecule has 0 N–H and O–H groups in total. The van der Waals surface area contributed by atoms with Crippen LogP contribution in [0.2, 0.25) is 15.1 Å². The lowest BCUT2D eigenvalue weighted by molar-refractivity contribution is -0.137. The van der Waals surface area contributed by atoms with E-state index in [0.29, 0.717) is 33.2 Å². The highest BCUT2D eigenvalue weighted by molar-refractivity contribution is 6.32. The first kappa shape index (κ1) is 73.5. The van der Waals surface area contributed by atoms with E-state index < -0.39 is 64.1 Å². The molecule has 0 aliphatic heterocycles. The molecule has 0 saturated heterocycles. The van der Waals surface area contributed by atoms with Crippen molar-refractivity contribution in [1.82, 2.24) is 0 Å². The predicted molar refractivity (Wildman–Crippen MR) is 304 cm³/mol. The molecule has 0 saturated carbocycles. The Hall–Kier alpha value is -5.53. The zero-order valence-electron chi connectivity index (χ0n) is 46.6. The number of alkyl halides is 3. The van der Waals surface area contributed by atoms with Crippen LogP contribution < -0.4 is 0 Å². The molecule has 6 rings (SSSR count). The van der Waals surface area contributed by atoms with Crippen LogP contribution in [0.1, 0.15) is 198 Å². The maximum absolute atomic E-state index is 13.4. The van der Waals surface area contributed by atoms with E-state index in [-0.39, 0.29) is 69.3 Å². The number of hydrogen-bond acceptors (Lipinski definition) is 0. The van der Waals surface area contributed by atoms with Crippen molar-refractivity contribution in [2.45, 2.75) is 160 Å². The Balaban J connectivity index is 0.000000923. The van der Waals surface area contributed by atoms with Crippen molar-refractivity contribution in [2.75, 3.05) is 0 Å². The Morgan fingerprint density at radius 2 is 0.911 bits per heavy atom. The Bertz CT molecular complexity index is 2920. The predicted octanol–water partition coefficient (Wildman–Crippen LogP) is 22.9. The fraction of sp³-hybridized carbons (Fsp3) is 0.375. The zero-order valence-corrected chi connectivity index (χ0v) is 48.9. The van der Waals surface area contributed by atoms with Gasteiger partial charge in [-0.3, -0.25) is 0 Å². The first-order chi connectivity index (χ1) is 35.8. The second kappa shape index (κ2) is 32.7. The summed E-state index contributed by atoms with van der Waals surface area (Å²) in [5.74, 6) is -0.754. The minimum Gasteiger partial charge on any atom is -0.207 e. The van der Waals surface area contributed by atoms with Crippen LogP contribution in [0.15, 0.2) is 66.7 Å². The summed E-state index contributed by atoms with van der Waals surface area (Å²) in [6, 6.07) is 14.9. The normalized spacial score (nSPS) is 10.8. The number of benzene rings is 6. The topological polar surface area (TPSA) is 0 Å². The maximum atomic E-state index is 13.4. The van der Waals surface area contributed by atoms with E-state index in [1.165, 1.54) is 37.6 Å². The molecule has 0 aliphatic carbocycles. The van der Waals surface area contributed by atoms with Gasteiger partial charge in [0.15, 0.2) is 11.6 Å². The maximum Gasteiger partial charge on any atom is 0.418 e. The van der Waals surface area contributed by atoms with Crippen LogP contribution in [0.3, 0.4) is 0 Å². The summed E-state index contributed by atoms with van der Waals surface area (Å²) < 4.78 is 155. The van der Waals surface area contributed by atoms with E-state index in [2.05, 4.69) is 25.7 Å². The first-order valence-corrected chi connectivity index (χ1v) is 25.8. The lowest BCUT2D eigenvalue weighted by Crippen LogP contribution is -2.09. The third-order valence-electron chi connectivity index (χ3n) is 11.8. The van der Waals surface area contributed by atoms with Gasteiger partial charge in [-0.15, -0.1) is 12.8 Å². The van der Waals surface area contributed by atoms with Crippen molar-refractivity contribution in [3.8, 4) is 24.7 Å². The summed E-state index contributed by atoms with van der Waals surface area (Å²) in [7, 11) is 0. The lowest BCUT2D eigenvalue weighted by Gasteiger charge is -2.15. The van der Waals surface area contributed by atoms with Gasteiger partial charge in [0.1, 0.15) is 40.7 Å². The Labute approximate surface area is 476 Å². The molecule has 0 heterocycles. The molecule has 0 spiro atoms. The average Bonchev–Trinajstić information content (AvgIpc) is 3.32. The van der Waals surface area contributed by atoms with Crippen molar-refractivity contribution in [3.05, 3.63) is 206 Å². The van der Waals surface area contributed by atoms with E-state index in [9.17, 15) is 52.7 Å². The molecule has 6 aromatic rings. The van der Waals surface area contributed by atoms with Gasteiger partial charge in [-0.2, -0.15) is 13.2 Å². The molecule has 0 amide bonds. The molecule has 0 unspecified atom stereocenters. The van der Waals surface area contributed by atoms with Gasteiger partial charge in [0.2, 0.25) is 0 Å². The van der Waals surface area contributed by atoms with Crippen molar-refractivity contribution in [1.29, 1.82) is 0 Å². The van der Waals surface area contributed by atoms with Crippen molar-refractivity contribution < 1.29 is 52.7 Å². The minimum atomic E-state index is -4.38. The van der Waals surface area contributed by atoms with Gasteiger partial charge < -0.3 is 0 Å². The van der Waals surface area contributed by atoms with Crippen molar-refractivity contribution >= 4 is 34.8 Å². The Kier molecular flexibility index (Phi) is 30.4. The molecule has 15 heteroatoms. The van der Waals surface area contributed by atoms with E-state index in [4.69, 9.17) is 47.6 Å². The smallest absolute Gasteiger partial charge is 0.207 e. The molecule has 6 aromatic carbocycles. The third kappa shape index (κ3) is 21.8. The number of rotatable bonds is 6. The molecule has 0 bridgehead atoms. The average molecular weight is 1170 g/mol. The molecular formula is C64H71Cl3F12. The summed E-state index contributed by atoms with van der Waals surface area (Å²) in [5, 5.41) is 0.536. The van der Waals surface area contributed by atoms with E-state index in [0.717, 1.165) is 41.0 Å². The van der Waals surface area contributed by atoms with E-state index in [1.807, 2.05) is 53.7 Å². The highest BCUT2D eigenvalue weighted by Gasteiger charge is 2.35. The van der Waals surface area contributed by atoms with Gasteiger partial charge in [0.25, 0.3) is 0 Å². The van der Waals surface area contributed by atoms with E-state index >= 15 is 0 Å². The summed E-state index contributed by atoms with van der Waals surface area (Å²) >= 11 is 17.2. The quantitative estimate of drug-likeness (QED) is 0.0886. The van der Waals surface area contributed by atoms with Gasteiger partial charge in [0.05, 0.1) is 21.2 Å². The highest BCUT2D eigenvalue weighted by Crippen LogP contribution is 2.39. The zero-order chi connectivity index (χ0) is 60.6. The van der Waals surface area contributed by atoms with Gasteiger partial charge in [-0.05, 0) is 162 Å². The third-order valence-corrected chi connectivity index (χ3v) is 12.7. The fourth-order valence-corrected chi connectivity index (χ4v) is 8.59. The van der Waals surface area contributed by atoms with Crippen LogP contribution in [0.25, 0.3) is 0 Å². The number of halogens is 15. The largest absolute Gasteiger partial charge is 0.418 e. The van der Waals surface area contributed by atoms with Crippen LogP contribution >= 0.6 is 34.8 Å². The van der Waals surface area contributed by atoms with Crippen molar-refractivity contribution in [2.24, 2.45) is 0 Å². The molecule has 0 aliphatic rings. The Morgan fingerprint density at radius 1 is 0.430 bits per heavy atom. The Morgan fingerprint density at radius 3 is 1.35 bits per heavy atom. The second-order valence-electron chi connectivity index (χ2n) is 20.1. The van der Waals surface area contributed by atoms with Gasteiger partial charge in [0, 0.05) is 28.3 Å². The van der Waals surface area contributed by atoms with Gasteiger partial charge in [-0.25, -0.2) is 39.5 Å². The van der Waals surface area contributed by atoms with Crippen molar-refractivity contribution in [3.63, 3.8) is 0 Å². The van der Waals surface area contributed by atoms with Gasteiger partial charge >= 0.3 is 6.18 Å². The number of hydrogen-bond donors (Lipinski definition) is 0. The summed E-state index contributed by atoms with van der Waals surface area (Å²) in [4.78, 5) is 0. The second-order valence-corrected chi connectivity index (χ2v) is 21.3. The molecule has 0 fully saturated rings. The summed E-state index contributed by atoms with van der Waals surface area (Å²) in [6.45, 7) is 28.6. The monoisotopic (exact) mass is 1170 g/mol. The van der Waals surface area contributed by atoms with Crippen LogP contribution in [0.5, 0.6) is 0 Å². The molecule has 0 aromatic heterocycles. The van der Waals surface area contributed by atoms with Crippen LogP contribution in [-0.4, -0.2) is 0 Å². The highest BCUT2D eigenvalue weighted by atomic mass is 35.5. The SMILES string of the molecule is C.C#Cc1cc(Cl)cc(C(C)C)c1.C#Cc1cc(F)cc(C(C)C)c1F.Cc1c(F)cc(F)c(Cl)c1C(C)C.Cc1c(F)cc(F)cc1C(C)C.Cc1cc(C(C)C)cc(Cl)c1C(F)(F)F.Cc1cc(F)c(F)c(C(C)C)c1F. The molecular weight excluding hydrogens is 1100 g/mol. The summed E-state index contributed by atoms with van der Waals surface area (Å²) in [5.41, 5.74) is 4.88. The van der Waals surface area contributed by atoms with Crippen LogP contribution in [0, 0.1) is 105 Å². The molecule has 0 radical (unpaired) electrons. The number of aryl methyl sites for hydroxylation is 2. The minimum absolute atomic E-state index is 0. The van der Waals surface area contributed by atoms with Crippen LogP contribution in [0.4, 0.5) is 52.7 Å². The van der Waals surface area contributed by atoms with Gasteiger partial charge in [-0.1, -0.05) is 143 Å². The number of terminal acetylenes is 2. The molecule has 0 atom stereocenters. The summed E-state index contributed by atoms with van der Waals surface area (Å²) in [6.07, 6.45) is 5.93. The molecule has 0 nitrogen and oxygen atoms in total. The fourth-order valence-electron chi connectivity index (χ4n) is 7.55. The van der Waals surface area contributed by atoms with E-state index in [1.54, 1.807) is 53.7 Å². The molecule has 432 valence electrons. The lowest BCUT2D eigenvalue weighted by atomic mass is 9.97. The molecule has 79 heavy (non-hydrogen) atoms. The van der Waals surface area contributed by atoms with Crippen LogP contribution in [-0.2, 0) is 6.18 Å². The first-order valence-electron chi connectivity index (χ1n) is 24.7. The standard InChI is InChI=1S/C11H12ClF3.C11H11Cl.C11H10F2.C10H11ClF2.C10H11F3.C10H12F2.CH4/c1-6(2)8-4-7(3)10(9(12)5-8)11(13,14)15;1-4-9-5-10(8(2)3)7-11(12)6-9;1-4-8-5-9(12)6-10(7(2)3)11(8)13;1-5(2)9-6(3)7(12)4-8(13)10(9)11;1-5(2)8-9(12)6(3)4-7(11)10(8)13;1-6(2)9-4-8(11)5-10(12)7(9)3;/h4-6H,1-3H3;1,5-8H,2-3H3;1,5-7H,2-3H3;2*4-5H,1-3H3;4-6H,1-3H3;1H4.